The zero-order valence-corrected chi connectivity index (χ0v) is 17.3. The summed E-state index contributed by atoms with van der Waals surface area (Å²) in [5.74, 6) is -0.285. The standard InChI is InChI=1S/C25H23F2N3O/c1-2-11-30-14-18(12-16-3-7-19(26)8-4-16)24-22(15-30)23(21(13-28)25(29)31-24)17-5-9-20(27)10-6-17/h3-10,12,23H,2,11,14-15,29H2,1H3/p+1/b18-12-/t23-/m1/s1. The third-order valence-electron chi connectivity index (χ3n) is 5.72. The molecule has 2 heterocycles. The van der Waals surface area contributed by atoms with Crippen LogP contribution in [-0.2, 0) is 4.74 Å². The van der Waals surface area contributed by atoms with Crippen molar-refractivity contribution >= 4 is 6.08 Å². The molecule has 2 atom stereocenters. The quantitative estimate of drug-likeness (QED) is 0.797. The monoisotopic (exact) mass is 420 g/mol. The van der Waals surface area contributed by atoms with Crippen molar-refractivity contribution in [3.8, 4) is 6.07 Å². The predicted molar refractivity (Wildman–Crippen MR) is 114 cm³/mol. The molecule has 0 aliphatic carbocycles. The minimum absolute atomic E-state index is 0.0690. The van der Waals surface area contributed by atoms with Gasteiger partial charge in [-0.3, -0.25) is 0 Å². The van der Waals surface area contributed by atoms with Crippen molar-refractivity contribution in [3.05, 3.63) is 99.7 Å². The molecule has 0 radical (unpaired) electrons. The van der Waals surface area contributed by atoms with Gasteiger partial charge in [0.05, 0.1) is 12.5 Å². The lowest BCUT2D eigenvalue weighted by molar-refractivity contribution is -0.892. The highest BCUT2D eigenvalue weighted by Gasteiger charge is 2.39. The molecule has 4 rings (SSSR count). The lowest BCUT2D eigenvalue weighted by Gasteiger charge is -2.36. The predicted octanol–water partition coefficient (Wildman–Crippen LogP) is 3.42. The molecular formula is C25H24F2N3O+. The first-order valence-corrected chi connectivity index (χ1v) is 10.4. The van der Waals surface area contributed by atoms with Crippen molar-refractivity contribution in [3.63, 3.8) is 0 Å². The molecule has 3 N–H and O–H groups in total. The average molecular weight is 420 g/mol. The van der Waals surface area contributed by atoms with Crippen LogP contribution < -0.4 is 10.6 Å². The first kappa shape index (κ1) is 20.8. The number of nitrogens with one attached hydrogen (secondary N) is 1. The molecule has 0 saturated heterocycles. The van der Waals surface area contributed by atoms with E-state index in [0.717, 1.165) is 41.8 Å². The van der Waals surface area contributed by atoms with Gasteiger partial charge in [-0.15, -0.1) is 0 Å². The largest absolute Gasteiger partial charge is 0.440 e. The second-order valence-electron chi connectivity index (χ2n) is 7.91. The molecule has 4 nitrogen and oxygen atoms in total. The van der Waals surface area contributed by atoms with E-state index in [1.807, 2.05) is 6.08 Å². The molecule has 2 aliphatic heterocycles. The lowest BCUT2D eigenvalue weighted by atomic mass is 9.80. The van der Waals surface area contributed by atoms with Gasteiger partial charge in [0, 0.05) is 11.1 Å². The number of hydrogen-bond acceptors (Lipinski definition) is 3. The number of allylic oxidation sites excluding steroid dienone is 1. The summed E-state index contributed by atoms with van der Waals surface area (Å²) in [5, 5.41) is 9.81. The highest BCUT2D eigenvalue weighted by atomic mass is 19.1. The smallest absolute Gasteiger partial charge is 0.205 e. The van der Waals surface area contributed by atoms with E-state index in [1.165, 1.54) is 29.2 Å². The Kier molecular flexibility index (Phi) is 5.88. The molecule has 0 amide bonds. The maximum atomic E-state index is 13.6. The zero-order chi connectivity index (χ0) is 22.0. The first-order chi connectivity index (χ1) is 15.0. The molecule has 0 fully saturated rings. The highest BCUT2D eigenvalue weighted by molar-refractivity contribution is 5.62. The van der Waals surface area contributed by atoms with Crippen LogP contribution in [0.15, 0.2) is 76.9 Å². The second-order valence-corrected chi connectivity index (χ2v) is 7.91. The molecular weight excluding hydrogens is 396 g/mol. The van der Waals surface area contributed by atoms with Gasteiger partial charge in [0.25, 0.3) is 0 Å². The van der Waals surface area contributed by atoms with Crippen LogP contribution in [0.1, 0.15) is 30.4 Å². The van der Waals surface area contributed by atoms with E-state index < -0.39 is 5.92 Å². The number of rotatable bonds is 4. The van der Waals surface area contributed by atoms with E-state index >= 15 is 0 Å². The summed E-state index contributed by atoms with van der Waals surface area (Å²) >= 11 is 0. The van der Waals surface area contributed by atoms with E-state index in [1.54, 1.807) is 24.3 Å². The van der Waals surface area contributed by atoms with Gasteiger partial charge < -0.3 is 15.4 Å². The van der Waals surface area contributed by atoms with E-state index in [4.69, 9.17) is 10.5 Å². The summed E-state index contributed by atoms with van der Waals surface area (Å²) in [6.07, 6.45) is 2.99. The van der Waals surface area contributed by atoms with Crippen LogP contribution in [0.25, 0.3) is 6.08 Å². The van der Waals surface area contributed by atoms with Crippen LogP contribution in [0.2, 0.25) is 0 Å². The second kappa shape index (κ2) is 8.75. The molecule has 2 aromatic carbocycles. The molecule has 31 heavy (non-hydrogen) atoms. The number of nitrogens with two attached hydrogens (primary N) is 1. The molecule has 158 valence electrons. The fourth-order valence-corrected chi connectivity index (χ4v) is 4.36. The van der Waals surface area contributed by atoms with Crippen molar-refractivity contribution in [1.82, 2.24) is 0 Å². The molecule has 0 saturated carbocycles. The summed E-state index contributed by atoms with van der Waals surface area (Å²) < 4.78 is 32.9. The Hall–Kier alpha value is -3.43. The van der Waals surface area contributed by atoms with Crippen molar-refractivity contribution in [2.75, 3.05) is 19.6 Å². The highest BCUT2D eigenvalue weighted by Crippen LogP contribution is 2.41. The minimum Gasteiger partial charge on any atom is -0.440 e. The summed E-state index contributed by atoms with van der Waals surface area (Å²) in [7, 11) is 0. The maximum Gasteiger partial charge on any atom is 0.205 e. The van der Waals surface area contributed by atoms with Crippen LogP contribution in [0, 0.1) is 23.0 Å². The van der Waals surface area contributed by atoms with Gasteiger partial charge >= 0.3 is 0 Å². The maximum absolute atomic E-state index is 13.6. The van der Waals surface area contributed by atoms with Crippen LogP contribution in [0.3, 0.4) is 0 Å². The van der Waals surface area contributed by atoms with Crippen molar-refractivity contribution in [2.24, 2.45) is 5.73 Å². The summed E-state index contributed by atoms with van der Waals surface area (Å²) in [5.41, 5.74) is 10.1. The Bertz CT molecular complexity index is 1110. The first-order valence-electron chi connectivity index (χ1n) is 10.4. The molecule has 1 unspecified atom stereocenters. The van der Waals surface area contributed by atoms with Gasteiger partial charge in [0.1, 0.15) is 42.1 Å². The normalized spacial score (nSPS) is 22.2. The van der Waals surface area contributed by atoms with Crippen LogP contribution in [-0.4, -0.2) is 19.6 Å². The third kappa shape index (κ3) is 4.23. The van der Waals surface area contributed by atoms with E-state index in [9.17, 15) is 14.0 Å². The average Bonchev–Trinajstić information content (AvgIpc) is 2.76. The van der Waals surface area contributed by atoms with Crippen molar-refractivity contribution in [2.45, 2.75) is 19.3 Å². The Balaban J connectivity index is 1.85. The van der Waals surface area contributed by atoms with Crippen molar-refractivity contribution in [1.29, 1.82) is 5.26 Å². The van der Waals surface area contributed by atoms with Gasteiger partial charge in [-0.25, -0.2) is 8.78 Å². The minimum atomic E-state index is -0.391. The van der Waals surface area contributed by atoms with E-state index in [0.29, 0.717) is 17.9 Å². The van der Waals surface area contributed by atoms with Crippen molar-refractivity contribution < 1.29 is 18.4 Å². The van der Waals surface area contributed by atoms with Crippen LogP contribution >= 0.6 is 0 Å². The van der Waals surface area contributed by atoms with E-state index in [2.05, 4.69) is 13.0 Å². The number of nitriles is 1. The Labute approximate surface area is 180 Å². The Morgan fingerprint density at radius 1 is 1.10 bits per heavy atom. The molecule has 0 bridgehead atoms. The number of quaternary nitrogens is 1. The molecule has 2 aromatic rings. The number of halogens is 2. The fourth-order valence-electron chi connectivity index (χ4n) is 4.36. The van der Waals surface area contributed by atoms with Gasteiger partial charge in [0.15, 0.2) is 0 Å². The molecule has 6 heteroatoms. The van der Waals surface area contributed by atoms with Gasteiger partial charge in [-0.1, -0.05) is 31.2 Å². The topological polar surface area (TPSA) is 63.5 Å². The number of benzene rings is 2. The van der Waals surface area contributed by atoms with Crippen LogP contribution in [0.5, 0.6) is 0 Å². The number of nitrogens with zero attached hydrogens (tertiary/aromatic N) is 1. The Morgan fingerprint density at radius 3 is 2.35 bits per heavy atom. The molecule has 0 aromatic heterocycles. The summed E-state index contributed by atoms with van der Waals surface area (Å²) in [6.45, 7) is 4.52. The zero-order valence-electron chi connectivity index (χ0n) is 17.3. The lowest BCUT2D eigenvalue weighted by Crippen LogP contribution is -3.13. The molecule has 2 aliphatic rings. The molecule has 0 spiro atoms. The Morgan fingerprint density at radius 2 is 1.74 bits per heavy atom. The van der Waals surface area contributed by atoms with E-state index in [-0.39, 0.29) is 17.5 Å². The fraction of sp³-hybridized carbons (Fsp3) is 0.240. The summed E-state index contributed by atoms with van der Waals surface area (Å²) in [6, 6.07) is 14.7. The summed E-state index contributed by atoms with van der Waals surface area (Å²) in [4.78, 5) is 1.34. The third-order valence-corrected chi connectivity index (χ3v) is 5.72. The van der Waals surface area contributed by atoms with Gasteiger partial charge in [-0.2, -0.15) is 5.26 Å². The SMILES string of the molecule is CCC[NH+]1CC2=C(OC(N)=C(C#N)[C@H]2c2ccc(F)cc2)/C(=C\c2ccc(F)cc2)C1. The number of hydrogen-bond donors (Lipinski definition) is 2. The van der Waals surface area contributed by atoms with Crippen LogP contribution in [0.4, 0.5) is 8.78 Å². The van der Waals surface area contributed by atoms with Gasteiger partial charge in [0.2, 0.25) is 5.88 Å². The number of ether oxygens (including phenoxy) is 1. The van der Waals surface area contributed by atoms with Gasteiger partial charge in [-0.05, 0) is 47.9 Å².